The van der Waals surface area contributed by atoms with Gasteiger partial charge in [0, 0.05) is 19.2 Å². The molecule has 4 rings (SSSR count). The molecule has 1 atom stereocenters. The van der Waals surface area contributed by atoms with Crippen LogP contribution in [0.2, 0.25) is 0 Å². The van der Waals surface area contributed by atoms with Gasteiger partial charge in [0.05, 0.1) is 21.3 Å². The van der Waals surface area contributed by atoms with E-state index >= 15 is 0 Å². The molecule has 0 aliphatic carbocycles. The fourth-order valence-electron chi connectivity index (χ4n) is 3.38. The van der Waals surface area contributed by atoms with E-state index in [-0.39, 0.29) is 5.82 Å². The van der Waals surface area contributed by atoms with E-state index in [1.54, 1.807) is 25.3 Å². The predicted molar refractivity (Wildman–Crippen MR) is 109 cm³/mol. The Labute approximate surface area is 170 Å². The number of fused-ring (bicyclic) bond motifs is 1. The highest BCUT2D eigenvalue weighted by Gasteiger charge is 2.24. The largest absolute Gasteiger partial charge is 0.496 e. The fraction of sp³-hybridized carbons (Fsp3) is 0.368. The Morgan fingerprint density at radius 3 is 2.34 bits per heavy atom. The normalized spacial score (nSPS) is 14.8. The van der Waals surface area contributed by atoms with Crippen LogP contribution >= 0.6 is 0 Å². The molecule has 1 aliphatic heterocycles. The summed E-state index contributed by atoms with van der Waals surface area (Å²) in [5, 5.41) is 4.55. The average molecular weight is 418 g/mol. The minimum absolute atomic E-state index is 0.267. The number of hydrogen-bond donors (Lipinski definition) is 1. The number of rotatable bonds is 7. The summed E-state index contributed by atoms with van der Waals surface area (Å²) in [6.45, 7) is 1.89. The number of hydrogen-bond acceptors (Lipinski definition) is 8. The second-order valence-electron chi connectivity index (χ2n) is 6.45. The van der Waals surface area contributed by atoms with Crippen molar-refractivity contribution in [1.82, 2.24) is 10.1 Å². The first-order valence-corrected chi connectivity index (χ1v) is 10.3. The monoisotopic (exact) mass is 418 g/mol. The Balaban J connectivity index is 1.71. The van der Waals surface area contributed by atoms with Gasteiger partial charge in [0.1, 0.15) is 33.3 Å². The van der Waals surface area contributed by atoms with Crippen molar-refractivity contribution in [1.29, 1.82) is 0 Å². The molecular weight excluding hydrogens is 396 g/mol. The number of nitrogens with one attached hydrogen (secondary N) is 1. The predicted octanol–water partition coefficient (Wildman–Crippen LogP) is 2.98. The molecule has 0 saturated carbocycles. The number of nitrogens with zero attached hydrogens (tertiary/aromatic N) is 3. The zero-order valence-electron chi connectivity index (χ0n) is 16.4. The summed E-state index contributed by atoms with van der Waals surface area (Å²) in [6, 6.07) is 7.03. The highest BCUT2D eigenvalue weighted by molar-refractivity contribution is 7.86. The van der Waals surface area contributed by atoms with Gasteiger partial charge in [-0.1, -0.05) is 11.2 Å². The summed E-state index contributed by atoms with van der Waals surface area (Å²) in [5.41, 5.74) is 0.317. The van der Waals surface area contributed by atoms with Crippen LogP contribution in [-0.4, -0.2) is 48.8 Å². The number of aromatic nitrogens is 2. The van der Waals surface area contributed by atoms with Crippen LogP contribution in [0, 0.1) is 0 Å². The topological polar surface area (TPSA) is 99.0 Å². The van der Waals surface area contributed by atoms with Crippen molar-refractivity contribution in [3.05, 3.63) is 24.3 Å². The fourth-order valence-corrected chi connectivity index (χ4v) is 4.47. The molecule has 1 unspecified atom stereocenters. The Kier molecular flexibility index (Phi) is 5.43. The number of pyridine rings is 1. The molecule has 29 heavy (non-hydrogen) atoms. The third-order valence-corrected chi connectivity index (χ3v) is 5.96. The maximum atomic E-state index is 13.1. The Hall–Kier alpha value is -3.01. The molecule has 1 aliphatic rings. The van der Waals surface area contributed by atoms with Crippen LogP contribution in [0.3, 0.4) is 0 Å². The van der Waals surface area contributed by atoms with Crippen LogP contribution in [0.1, 0.15) is 12.8 Å². The molecule has 3 aromatic rings. The first-order valence-electron chi connectivity index (χ1n) is 9.15. The van der Waals surface area contributed by atoms with Crippen molar-refractivity contribution in [3.63, 3.8) is 0 Å². The molecule has 9 nitrogen and oxygen atoms in total. The SMILES string of the molecule is COc1cccc(OC)c1S(=O)Nc1noc2nc(N3CCCC3)cc(OC)c12. The maximum Gasteiger partial charge on any atom is 0.265 e. The zero-order valence-corrected chi connectivity index (χ0v) is 17.2. The second kappa shape index (κ2) is 8.16. The van der Waals surface area contributed by atoms with Crippen LogP contribution in [-0.2, 0) is 11.0 Å². The van der Waals surface area contributed by atoms with Gasteiger partial charge in [-0.05, 0) is 25.0 Å². The summed E-state index contributed by atoms with van der Waals surface area (Å²) in [4.78, 5) is 7.11. The molecule has 1 aromatic carbocycles. The summed E-state index contributed by atoms with van der Waals surface area (Å²) in [5.74, 6) is 2.46. The first kappa shape index (κ1) is 19.3. The minimum atomic E-state index is -1.73. The van der Waals surface area contributed by atoms with Crippen LogP contribution < -0.4 is 23.8 Å². The lowest BCUT2D eigenvalue weighted by Crippen LogP contribution is -2.18. The number of methoxy groups -OCH3 is 3. The van der Waals surface area contributed by atoms with Gasteiger partial charge in [-0.2, -0.15) is 4.98 Å². The van der Waals surface area contributed by atoms with Crippen LogP contribution in [0.15, 0.2) is 33.7 Å². The minimum Gasteiger partial charge on any atom is -0.496 e. The molecule has 1 fully saturated rings. The Bertz CT molecular complexity index is 1030. The van der Waals surface area contributed by atoms with Crippen molar-refractivity contribution >= 4 is 33.7 Å². The Morgan fingerprint density at radius 1 is 1.07 bits per heavy atom. The zero-order chi connectivity index (χ0) is 20.4. The Morgan fingerprint density at radius 2 is 1.72 bits per heavy atom. The molecular formula is C19H22N4O5S. The van der Waals surface area contributed by atoms with Crippen molar-refractivity contribution in [3.8, 4) is 17.2 Å². The van der Waals surface area contributed by atoms with Gasteiger partial charge < -0.3 is 23.6 Å². The highest BCUT2D eigenvalue weighted by Crippen LogP contribution is 2.37. The molecule has 0 bridgehead atoms. The lowest BCUT2D eigenvalue weighted by Gasteiger charge is -2.17. The van der Waals surface area contributed by atoms with E-state index in [4.69, 9.17) is 18.7 Å². The van der Waals surface area contributed by atoms with E-state index in [1.807, 2.05) is 6.07 Å². The highest BCUT2D eigenvalue weighted by atomic mass is 32.2. The quantitative estimate of drug-likeness (QED) is 0.625. The van der Waals surface area contributed by atoms with E-state index in [2.05, 4.69) is 19.8 Å². The van der Waals surface area contributed by atoms with Crippen LogP contribution in [0.25, 0.3) is 11.1 Å². The number of benzene rings is 1. The van der Waals surface area contributed by atoms with E-state index in [0.29, 0.717) is 33.2 Å². The third-order valence-electron chi connectivity index (χ3n) is 4.80. The van der Waals surface area contributed by atoms with Crippen molar-refractivity contribution in [2.24, 2.45) is 0 Å². The first-order chi connectivity index (χ1) is 14.2. The maximum absolute atomic E-state index is 13.1. The molecule has 154 valence electrons. The molecule has 10 heteroatoms. The van der Waals surface area contributed by atoms with Crippen molar-refractivity contribution in [2.45, 2.75) is 17.7 Å². The van der Waals surface area contributed by atoms with Crippen molar-refractivity contribution in [2.75, 3.05) is 44.0 Å². The van der Waals surface area contributed by atoms with Gasteiger partial charge >= 0.3 is 0 Å². The summed E-state index contributed by atoms with van der Waals surface area (Å²) in [6.07, 6.45) is 2.26. The molecule has 3 heterocycles. The summed E-state index contributed by atoms with van der Waals surface area (Å²) >= 11 is 0. The summed E-state index contributed by atoms with van der Waals surface area (Å²) in [7, 11) is 2.86. The second-order valence-corrected chi connectivity index (χ2v) is 7.60. The molecule has 0 spiro atoms. The van der Waals surface area contributed by atoms with Crippen molar-refractivity contribution < 1.29 is 22.9 Å². The van der Waals surface area contributed by atoms with Crippen LogP contribution in [0.4, 0.5) is 11.6 Å². The van der Waals surface area contributed by atoms with E-state index in [9.17, 15) is 4.21 Å². The van der Waals surface area contributed by atoms with E-state index in [1.165, 1.54) is 14.2 Å². The number of ether oxygens (including phenoxy) is 3. The van der Waals surface area contributed by atoms with Crippen LogP contribution in [0.5, 0.6) is 17.2 Å². The standard InChI is InChI=1S/C19H22N4O5S/c1-25-12-7-6-8-13(26-2)17(12)29(24)22-18-16-14(27-3)11-15(20-19(16)28-21-18)23-9-4-5-10-23/h6-8,11H,4-5,9-10H2,1-3H3,(H,21,22). The van der Waals surface area contributed by atoms with Gasteiger partial charge in [-0.25, -0.2) is 4.21 Å². The number of anilines is 2. The van der Waals surface area contributed by atoms with Gasteiger partial charge in [0.25, 0.3) is 5.71 Å². The lowest BCUT2D eigenvalue weighted by molar-refractivity contribution is 0.375. The van der Waals surface area contributed by atoms with Gasteiger partial charge in [-0.3, -0.25) is 4.72 Å². The average Bonchev–Trinajstić information content (AvgIpc) is 3.42. The molecule has 2 aromatic heterocycles. The lowest BCUT2D eigenvalue weighted by atomic mass is 10.3. The van der Waals surface area contributed by atoms with Gasteiger partial charge in [-0.15, -0.1) is 0 Å². The van der Waals surface area contributed by atoms with E-state index < -0.39 is 11.0 Å². The molecule has 1 N–H and O–H groups in total. The summed E-state index contributed by atoms with van der Waals surface area (Å²) < 4.78 is 37.6. The van der Waals surface area contributed by atoms with Gasteiger partial charge in [0.2, 0.25) is 0 Å². The smallest absolute Gasteiger partial charge is 0.265 e. The van der Waals surface area contributed by atoms with E-state index in [0.717, 1.165) is 31.7 Å². The molecule has 1 saturated heterocycles. The molecule has 0 radical (unpaired) electrons. The van der Waals surface area contributed by atoms with Gasteiger partial charge in [0.15, 0.2) is 16.8 Å². The third kappa shape index (κ3) is 3.55. The molecule has 0 amide bonds.